The Balaban J connectivity index is 1.59. The number of hydrogen-bond acceptors (Lipinski definition) is 3. The third-order valence-corrected chi connectivity index (χ3v) is 5.04. The molecule has 3 heteroatoms. The fourth-order valence-corrected chi connectivity index (χ4v) is 3.93. The van der Waals surface area contributed by atoms with E-state index in [0.29, 0.717) is 0 Å². The maximum absolute atomic E-state index is 2.82. The molecule has 1 atom stereocenters. The van der Waals surface area contributed by atoms with Gasteiger partial charge in [-0.3, -0.25) is 9.80 Å². The van der Waals surface area contributed by atoms with Crippen LogP contribution in [0.5, 0.6) is 0 Å². The zero-order valence-electron chi connectivity index (χ0n) is 11.3. The molecule has 3 nitrogen and oxygen atoms in total. The van der Waals surface area contributed by atoms with Crippen molar-refractivity contribution in [1.29, 1.82) is 0 Å². The minimum atomic E-state index is 0.881. The number of piperidine rings is 1. The van der Waals surface area contributed by atoms with E-state index in [2.05, 4.69) is 21.7 Å². The highest BCUT2D eigenvalue weighted by molar-refractivity contribution is 4.88. The summed E-state index contributed by atoms with van der Waals surface area (Å²) in [6.07, 6.45) is 7.06. The van der Waals surface area contributed by atoms with Crippen LogP contribution in [0.15, 0.2) is 0 Å². The maximum atomic E-state index is 2.82. The molecule has 17 heavy (non-hydrogen) atoms. The quantitative estimate of drug-likeness (QED) is 0.679. The summed E-state index contributed by atoms with van der Waals surface area (Å²) in [5, 5.41) is 0. The van der Waals surface area contributed by atoms with Gasteiger partial charge in [0, 0.05) is 18.6 Å². The summed E-state index contributed by atoms with van der Waals surface area (Å²) in [6, 6.07) is 1.77. The molecule has 1 unspecified atom stereocenters. The minimum absolute atomic E-state index is 0.881. The van der Waals surface area contributed by atoms with Gasteiger partial charge in [-0.05, 0) is 71.9 Å². The van der Waals surface area contributed by atoms with Crippen LogP contribution in [0.1, 0.15) is 32.1 Å². The average Bonchev–Trinajstić information content (AvgIpc) is 2.68. The molecule has 0 aromatic rings. The van der Waals surface area contributed by atoms with Crippen LogP contribution in [0.3, 0.4) is 0 Å². The standard InChI is InChI=1S/C14H27N3/c1-15-10-5-13(6-11-15)17-9-3-8-16-7-2-4-14(16)12-17/h13-14H,2-12H2,1H3. The highest BCUT2D eigenvalue weighted by atomic mass is 15.3. The van der Waals surface area contributed by atoms with Gasteiger partial charge in [0.15, 0.2) is 0 Å². The summed E-state index contributed by atoms with van der Waals surface area (Å²) >= 11 is 0. The van der Waals surface area contributed by atoms with Crippen LogP contribution in [0.4, 0.5) is 0 Å². The van der Waals surface area contributed by atoms with Gasteiger partial charge in [-0.15, -0.1) is 0 Å². The predicted molar refractivity (Wildman–Crippen MR) is 71.3 cm³/mol. The van der Waals surface area contributed by atoms with E-state index in [9.17, 15) is 0 Å². The van der Waals surface area contributed by atoms with Gasteiger partial charge >= 0.3 is 0 Å². The molecule has 3 rings (SSSR count). The van der Waals surface area contributed by atoms with Crippen LogP contribution in [0.25, 0.3) is 0 Å². The maximum Gasteiger partial charge on any atom is 0.0223 e. The number of hydrogen-bond donors (Lipinski definition) is 0. The number of fused-ring (bicyclic) bond motifs is 1. The van der Waals surface area contributed by atoms with E-state index < -0.39 is 0 Å². The van der Waals surface area contributed by atoms with Gasteiger partial charge in [0.05, 0.1) is 0 Å². The molecule has 3 aliphatic rings. The first kappa shape index (κ1) is 11.9. The summed E-state index contributed by atoms with van der Waals surface area (Å²) in [7, 11) is 2.26. The van der Waals surface area contributed by atoms with Crippen molar-refractivity contribution in [3.05, 3.63) is 0 Å². The molecule has 0 aromatic heterocycles. The van der Waals surface area contributed by atoms with Crippen LogP contribution in [0, 0.1) is 0 Å². The lowest BCUT2D eigenvalue weighted by Crippen LogP contribution is -2.46. The van der Waals surface area contributed by atoms with Crippen molar-refractivity contribution in [3.8, 4) is 0 Å². The van der Waals surface area contributed by atoms with Crippen LogP contribution in [-0.4, -0.2) is 73.1 Å². The van der Waals surface area contributed by atoms with Crippen molar-refractivity contribution in [1.82, 2.24) is 14.7 Å². The summed E-state index contributed by atoms with van der Waals surface area (Å²) in [6.45, 7) is 8.03. The Bertz CT molecular complexity index is 248. The summed E-state index contributed by atoms with van der Waals surface area (Å²) < 4.78 is 0. The van der Waals surface area contributed by atoms with E-state index in [1.165, 1.54) is 71.4 Å². The van der Waals surface area contributed by atoms with Gasteiger partial charge in [-0.25, -0.2) is 0 Å². The molecule has 0 spiro atoms. The lowest BCUT2D eigenvalue weighted by atomic mass is 10.0. The first-order valence-corrected chi connectivity index (χ1v) is 7.49. The smallest absolute Gasteiger partial charge is 0.0223 e. The molecule has 0 radical (unpaired) electrons. The summed E-state index contributed by atoms with van der Waals surface area (Å²) in [4.78, 5) is 8.05. The topological polar surface area (TPSA) is 9.72 Å². The Morgan fingerprint density at radius 1 is 0.706 bits per heavy atom. The monoisotopic (exact) mass is 237 g/mol. The largest absolute Gasteiger partial charge is 0.306 e. The van der Waals surface area contributed by atoms with Crippen LogP contribution in [0.2, 0.25) is 0 Å². The van der Waals surface area contributed by atoms with Crippen molar-refractivity contribution >= 4 is 0 Å². The molecule has 3 saturated heterocycles. The van der Waals surface area contributed by atoms with E-state index in [4.69, 9.17) is 0 Å². The lowest BCUT2D eigenvalue weighted by molar-refractivity contribution is 0.112. The highest BCUT2D eigenvalue weighted by Crippen LogP contribution is 2.25. The van der Waals surface area contributed by atoms with Crippen LogP contribution < -0.4 is 0 Å². The molecule has 0 N–H and O–H groups in total. The Hall–Kier alpha value is -0.120. The Labute approximate surface area is 106 Å². The molecule has 98 valence electrons. The molecule has 0 bridgehead atoms. The predicted octanol–water partition coefficient (Wildman–Crippen LogP) is 1.25. The highest BCUT2D eigenvalue weighted by Gasteiger charge is 2.32. The molecule has 0 saturated carbocycles. The Morgan fingerprint density at radius 3 is 2.24 bits per heavy atom. The van der Waals surface area contributed by atoms with Crippen molar-refractivity contribution < 1.29 is 0 Å². The van der Waals surface area contributed by atoms with E-state index >= 15 is 0 Å². The van der Waals surface area contributed by atoms with Gasteiger partial charge in [0.1, 0.15) is 0 Å². The van der Waals surface area contributed by atoms with Crippen LogP contribution >= 0.6 is 0 Å². The van der Waals surface area contributed by atoms with E-state index in [0.717, 1.165) is 12.1 Å². The summed E-state index contributed by atoms with van der Waals surface area (Å²) in [5.74, 6) is 0. The SMILES string of the molecule is CN1CCC(N2CCCN3CCCC3C2)CC1. The number of nitrogens with zero attached hydrogens (tertiary/aromatic N) is 3. The van der Waals surface area contributed by atoms with Crippen molar-refractivity contribution in [2.45, 2.75) is 44.2 Å². The van der Waals surface area contributed by atoms with Crippen molar-refractivity contribution in [2.24, 2.45) is 0 Å². The zero-order valence-corrected chi connectivity index (χ0v) is 11.3. The van der Waals surface area contributed by atoms with Gasteiger partial charge in [-0.2, -0.15) is 0 Å². The Kier molecular flexibility index (Phi) is 3.69. The first-order chi connectivity index (χ1) is 8.33. The molecule has 0 amide bonds. The fraction of sp³-hybridized carbons (Fsp3) is 1.00. The molecule has 3 fully saturated rings. The third kappa shape index (κ3) is 2.67. The van der Waals surface area contributed by atoms with Crippen molar-refractivity contribution in [3.63, 3.8) is 0 Å². The lowest BCUT2D eigenvalue weighted by Gasteiger charge is -2.37. The molecule has 0 aromatic carbocycles. The normalized spacial score (nSPS) is 34.8. The van der Waals surface area contributed by atoms with Gasteiger partial charge in [0.25, 0.3) is 0 Å². The first-order valence-electron chi connectivity index (χ1n) is 7.49. The van der Waals surface area contributed by atoms with Crippen molar-refractivity contribution in [2.75, 3.05) is 46.3 Å². The average molecular weight is 237 g/mol. The van der Waals surface area contributed by atoms with Gasteiger partial charge in [-0.1, -0.05) is 0 Å². The fourth-order valence-electron chi connectivity index (χ4n) is 3.93. The van der Waals surface area contributed by atoms with E-state index in [-0.39, 0.29) is 0 Å². The molecule has 3 heterocycles. The van der Waals surface area contributed by atoms with E-state index in [1.807, 2.05) is 0 Å². The number of likely N-dealkylation sites (tertiary alicyclic amines) is 1. The summed E-state index contributed by atoms with van der Waals surface area (Å²) in [5.41, 5.74) is 0. The molecule has 3 aliphatic heterocycles. The molecular formula is C14H27N3. The second-order valence-electron chi connectivity index (χ2n) is 6.21. The van der Waals surface area contributed by atoms with Gasteiger partial charge < -0.3 is 4.90 Å². The van der Waals surface area contributed by atoms with Crippen LogP contribution in [-0.2, 0) is 0 Å². The second kappa shape index (κ2) is 5.25. The van der Waals surface area contributed by atoms with Gasteiger partial charge in [0.2, 0.25) is 0 Å². The minimum Gasteiger partial charge on any atom is -0.306 e. The van der Waals surface area contributed by atoms with E-state index in [1.54, 1.807) is 0 Å². The third-order valence-electron chi connectivity index (χ3n) is 5.04. The second-order valence-corrected chi connectivity index (χ2v) is 6.21. The Morgan fingerprint density at radius 2 is 1.41 bits per heavy atom. The molecular weight excluding hydrogens is 210 g/mol. The zero-order chi connectivity index (χ0) is 11.7. The number of rotatable bonds is 1. The molecule has 0 aliphatic carbocycles.